The molecule has 60 valence electrons. The summed E-state index contributed by atoms with van der Waals surface area (Å²) in [6.45, 7) is 0. The van der Waals surface area contributed by atoms with E-state index in [1.165, 1.54) is 19.2 Å². The smallest absolute Gasteiger partial charge is 0.200 e. The number of thiol groups is 1. The quantitative estimate of drug-likeness (QED) is 0.443. The third-order valence-electron chi connectivity index (χ3n) is 1.26. The molecule has 0 saturated carbocycles. The third kappa shape index (κ3) is 1.51. The first-order valence-corrected chi connectivity index (χ1v) is 3.39. The lowest BCUT2D eigenvalue weighted by molar-refractivity contribution is 0.349. The molecule has 0 aliphatic rings. The van der Waals surface area contributed by atoms with Gasteiger partial charge in [-0.3, -0.25) is 0 Å². The molecule has 1 aromatic rings. The Bertz CT molecular complexity index is 273. The zero-order valence-corrected chi connectivity index (χ0v) is 6.80. The standard InChI is InChI=1S/C7H8O3S/c1-10-6-3-4(11)2-5(8)7(6)9/h2-3,8-9,11H,1H3. The number of aromatic hydroxyl groups is 2. The van der Waals surface area contributed by atoms with E-state index in [1.54, 1.807) is 0 Å². The van der Waals surface area contributed by atoms with E-state index >= 15 is 0 Å². The maximum atomic E-state index is 9.11. The van der Waals surface area contributed by atoms with Crippen molar-refractivity contribution in [3.05, 3.63) is 12.1 Å². The SMILES string of the molecule is COc1cc(S)cc(O)c1O. The molecule has 0 unspecified atom stereocenters. The number of rotatable bonds is 1. The molecule has 0 heterocycles. The second kappa shape index (κ2) is 2.92. The second-order valence-electron chi connectivity index (χ2n) is 2.02. The van der Waals surface area contributed by atoms with Gasteiger partial charge in [0.1, 0.15) is 0 Å². The van der Waals surface area contributed by atoms with Gasteiger partial charge in [0, 0.05) is 4.90 Å². The highest BCUT2D eigenvalue weighted by Crippen LogP contribution is 2.36. The molecule has 0 spiro atoms. The Morgan fingerprint density at radius 1 is 1.36 bits per heavy atom. The lowest BCUT2D eigenvalue weighted by Crippen LogP contribution is -1.83. The zero-order chi connectivity index (χ0) is 8.43. The van der Waals surface area contributed by atoms with Crippen molar-refractivity contribution in [3.63, 3.8) is 0 Å². The van der Waals surface area contributed by atoms with Crippen LogP contribution in [-0.2, 0) is 0 Å². The number of ether oxygens (including phenoxy) is 1. The molecule has 0 atom stereocenters. The van der Waals surface area contributed by atoms with Gasteiger partial charge in [0.25, 0.3) is 0 Å². The molecule has 0 amide bonds. The number of phenolic OH excluding ortho intramolecular Hbond substituents is 2. The lowest BCUT2D eigenvalue weighted by atomic mass is 10.3. The molecule has 0 aliphatic carbocycles. The van der Waals surface area contributed by atoms with Crippen LogP contribution in [0.1, 0.15) is 0 Å². The van der Waals surface area contributed by atoms with Crippen LogP contribution in [0.5, 0.6) is 17.2 Å². The fraction of sp³-hybridized carbons (Fsp3) is 0.143. The fourth-order valence-corrected chi connectivity index (χ4v) is 0.974. The van der Waals surface area contributed by atoms with Gasteiger partial charge in [-0.25, -0.2) is 0 Å². The molecule has 0 bridgehead atoms. The van der Waals surface area contributed by atoms with Crippen LogP contribution in [0.4, 0.5) is 0 Å². The number of methoxy groups -OCH3 is 1. The lowest BCUT2D eigenvalue weighted by Gasteiger charge is -2.04. The first-order chi connectivity index (χ1) is 5.15. The predicted octanol–water partition coefficient (Wildman–Crippen LogP) is 1.40. The molecule has 4 heteroatoms. The highest BCUT2D eigenvalue weighted by molar-refractivity contribution is 7.80. The Hall–Kier alpha value is -1.03. The Morgan fingerprint density at radius 3 is 2.55 bits per heavy atom. The summed E-state index contributed by atoms with van der Waals surface area (Å²) in [5, 5.41) is 18.1. The maximum Gasteiger partial charge on any atom is 0.200 e. The van der Waals surface area contributed by atoms with Crippen molar-refractivity contribution >= 4 is 12.6 Å². The minimum Gasteiger partial charge on any atom is -0.504 e. The Morgan fingerprint density at radius 2 is 2.00 bits per heavy atom. The van der Waals surface area contributed by atoms with Crippen LogP contribution in [-0.4, -0.2) is 17.3 Å². The van der Waals surface area contributed by atoms with Crippen LogP contribution >= 0.6 is 12.6 Å². The van der Waals surface area contributed by atoms with Crippen molar-refractivity contribution < 1.29 is 14.9 Å². The molecule has 1 aromatic carbocycles. The van der Waals surface area contributed by atoms with Gasteiger partial charge < -0.3 is 14.9 Å². The summed E-state index contributed by atoms with van der Waals surface area (Å²) in [4.78, 5) is 0.539. The van der Waals surface area contributed by atoms with Crippen molar-refractivity contribution in [2.24, 2.45) is 0 Å². The summed E-state index contributed by atoms with van der Waals surface area (Å²) in [6.07, 6.45) is 0. The van der Waals surface area contributed by atoms with Crippen LogP contribution < -0.4 is 4.74 Å². The van der Waals surface area contributed by atoms with E-state index in [1.807, 2.05) is 0 Å². The molecule has 3 nitrogen and oxygen atoms in total. The molecule has 0 saturated heterocycles. The monoisotopic (exact) mass is 172 g/mol. The van der Waals surface area contributed by atoms with Gasteiger partial charge in [0.05, 0.1) is 7.11 Å². The summed E-state index contributed by atoms with van der Waals surface area (Å²) < 4.78 is 4.75. The summed E-state index contributed by atoms with van der Waals surface area (Å²) in [6, 6.07) is 2.85. The van der Waals surface area contributed by atoms with Crippen LogP contribution in [0, 0.1) is 0 Å². The molecular weight excluding hydrogens is 164 g/mol. The normalized spacial score (nSPS) is 9.64. The van der Waals surface area contributed by atoms with E-state index in [9.17, 15) is 0 Å². The third-order valence-corrected chi connectivity index (χ3v) is 1.52. The average Bonchev–Trinajstić information content (AvgIpc) is 1.96. The first kappa shape index (κ1) is 8.07. The fourth-order valence-electron chi connectivity index (χ4n) is 0.735. The average molecular weight is 172 g/mol. The van der Waals surface area contributed by atoms with Crippen LogP contribution in [0.2, 0.25) is 0 Å². The molecule has 0 radical (unpaired) electrons. The van der Waals surface area contributed by atoms with Gasteiger partial charge in [-0.15, -0.1) is 12.6 Å². The van der Waals surface area contributed by atoms with Crippen molar-refractivity contribution in [2.75, 3.05) is 7.11 Å². The highest BCUT2D eigenvalue weighted by atomic mass is 32.1. The summed E-state index contributed by atoms with van der Waals surface area (Å²) in [5.41, 5.74) is 0. The molecule has 0 aliphatic heterocycles. The van der Waals surface area contributed by atoms with Gasteiger partial charge in [-0.05, 0) is 12.1 Å². The largest absolute Gasteiger partial charge is 0.504 e. The van der Waals surface area contributed by atoms with E-state index in [0.29, 0.717) is 4.90 Å². The number of hydrogen-bond donors (Lipinski definition) is 3. The Kier molecular flexibility index (Phi) is 2.14. The summed E-state index contributed by atoms with van der Waals surface area (Å²) in [7, 11) is 1.40. The molecule has 0 aromatic heterocycles. The topological polar surface area (TPSA) is 49.7 Å². The highest BCUT2D eigenvalue weighted by Gasteiger charge is 2.06. The van der Waals surface area contributed by atoms with Crippen molar-refractivity contribution in [3.8, 4) is 17.2 Å². The number of hydrogen-bond acceptors (Lipinski definition) is 4. The second-order valence-corrected chi connectivity index (χ2v) is 2.53. The van der Waals surface area contributed by atoms with Gasteiger partial charge in [-0.1, -0.05) is 0 Å². The van der Waals surface area contributed by atoms with Crippen molar-refractivity contribution in [2.45, 2.75) is 4.90 Å². The van der Waals surface area contributed by atoms with Crippen LogP contribution in [0.25, 0.3) is 0 Å². The van der Waals surface area contributed by atoms with Gasteiger partial charge in [0.15, 0.2) is 11.5 Å². The molecule has 1 rings (SSSR count). The minimum atomic E-state index is -0.259. The molecular formula is C7H8O3S. The summed E-state index contributed by atoms with van der Waals surface area (Å²) in [5.74, 6) is -0.269. The first-order valence-electron chi connectivity index (χ1n) is 2.94. The van der Waals surface area contributed by atoms with E-state index in [2.05, 4.69) is 12.6 Å². The van der Waals surface area contributed by atoms with Crippen molar-refractivity contribution in [1.29, 1.82) is 0 Å². The van der Waals surface area contributed by atoms with E-state index in [0.717, 1.165) is 0 Å². The summed E-state index contributed by atoms with van der Waals surface area (Å²) >= 11 is 3.97. The predicted molar refractivity (Wildman–Crippen MR) is 43.6 cm³/mol. The van der Waals surface area contributed by atoms with Gasteiger partial charge in [-0.2, -0.15) is 0 Å². The van der Waals surface area contributed by atoms with Crippen LogP contribution in [0.3, 0.4) is 0 Å². The molecule has 11 heavy (non-hydrogen) atoms. The Balaban J connectivity index is 3.24. The maximum absolute atomic E-state index is 9.11. The number of benzene rings is 1. The van der Waals surface area contributed by atoms with E-state index < -0.39 is 0 Å². The molecule has 2 N–H and O–H groups in total. The van der Waals surface area contributed by atoms with E-state index in [-0.39, 0.29) is 17.2 Å². The van der Waals surface area contributed by atoms with Gasteiger partial charge >= 0.3 is 0 Å². The number of phenols is 2. The Labute approximate surface area is 69.7 Å². The van der Waals surface area contributed by atoms with Crippen molar-refractivity contribution in [1.82, 2.24) is 0 Å². The van der Waals surface area contributed by atoms with Crippen LogP contribution in [0.15, 0.2) is 17.0 Å². The minimum absolute atomic E-state index is 0.218. The van der Waals surface area contributed by atoms with Gasteiger partial charge in [0.2, 0.25) is 5.75 Å². The zero-order valence-electron chi connectivity index (χ0n) is 5.90. The van der Waals surface area contributed by atoms with E-state index in [4.69, 9.17) is 14.9 Å². The molecule has 0 fully saturated rings.